The third-order valence-corrected chi connectivity index (χ3v) is 3.17. The molecule has 4 heteroatoms. The number of hydrogen-bond donors (Lipinski definition) is 1. The van der Waals surface area contributed by atoms with Gasteiger partial charge < -0.3 is 5.73 Å². The van der Waals surface area contributed by atoms with Gasteiger partial charge in [-0.05, 0) is 18.7 Å². The predicted molar refractivity (Wildman–Crippen MR) is 44.1 cm³/mol. The van der Waals surface area contributed by atoms with E-state index in [4.69, 9.17) is 5.73 Å². The van der Waals surface area contributed by atoms with Crippen LogP contribution in [0.25, 0.3) is 0 Å². The summed E-state index contributed by atoms with van der Waals surface area (Å²) >= 11 is 1.61. The average Bonchev–Trinajstić information content (AvgIpc) is 2.37. The SMILES string of the molecule is NCCC(F)(F)C1CCSC1. The molecule has 1 saturated heterocycles. The van der Waals surface area contributed by atoms with Crippen LogP contribution in [-0.2, 0) is 0 Å². The van der Waals surface area contributed by atoms with Gasteiger partial charge in [0.2, 0.25) is 0 Å². The predicted octanol–water partition coefficient (Wildman–Crippen LogP) is 1.72. The van der Waals surface area contributed by atoms with Crippen LogP contribution in [0.4, 0.5) is 8.78 Å². The average molecular weight is 181 g/mol. The van der Waals surface area contributed by atoms with Crippen molar-refractivity contribution >= 4 is 11.8 Å². The Morgan fingerprint density at radius 1 is 1.55 bits per heavy atom. The van der Waals surface area contributed by atoms with Crippen LogP contribution in [0.5, 0.6) is 0 Å². The number of hydrogen-bond acceptors (Lipinski definition) is 2. The van der Waals surface area contributed by atoms with Crippen LogP contribution in [0.15, 0.2) is 0 Å². The molecule has 1 nitrogen and oxygen atoms in total. The Bertz CT molecular complexity index is 124. The highest BCUT2D eigenvalue weighted by Crippen LogP contribution is 2.37. The van der Waals surface area contributed by atoms with Crippen LogP contribution in [0.2, 0.25) is 0 Å². The highest BCUT2D eigenvalue weighted by Gasteiger charge is 2.40. The Labute approximate surface area is 69.7 Å². The molecule has 0 saturated carbocycles. The van der Waals surface area contributed by atoms with E-state index in [1.54, 1.807) is 11.8 Å². The molecule has 1 aliphatic heterocycles. The van der Waals surface area contributed by atoms with E-state index >= 15 is 0 Å². The number of thioether (sulfide) groups is 1. The van der Waals surface area contributed by atoms with Gasteiger partial charge in [0.1, 0.15) is 0 Å². The molecule has 1 atom stereocenters. The van der Waals surface area contributed by atoms with Crippen LogP contribution in [0.3, 0.4) is 0 Å². The molecule has 0 aliphatic carbocycles. The molecule has 0 aromatic carbocycles. The summed E-state index contributed by atoms with van der Waals surface area (Å²) in [6.07, 6.45) is 0.496. The van der Waals surface area contributed by atoms with Crippen molar-refractivity contribution in [3.05, 3.63) is 0 Å². The van der Waals surface area contributed by atoms with Gasteiger partial charge in [0, 0.05) is 18.1 Å². The Balaban J connectivity index is 2.41. The number of rotatable bonds is 3. The van der Waals surface area contributed by atoms with Gasteiger partial charge in [-0.2, -0.15) is 11.8 Å². The minimum Gasteiger partial charge on any atom is -0.330 e. The molecule has 1 aliphatic rings. The van der Waals surface area contributed by atoms with Gasteiger partial charge in [0.15, 0.2) is 0 Å². The van der Waals surface area contributed by atoms with Gasteiger partial charge >= 0.3 is 0 Å². The largest absolute Gasteiger partial charge is 0.330 e. The second-order valence-corrected chi connectivity index (χ2v) is 4.01. The lowest BCUT2D eigenvalue weighted by molar-refractivity contribution is -0.0534. The van der Waals surface area contributed by atoms with E-state index in [9.17, 15) is 8.78 Å². The Morgan fingerprint density at radius 3 is 2.73 bits per heavy atom. The van der Waals surface area contributed by atoms with Crippen molar-refractivity contribution < 1.29 is 8.78 Å². The molecule has 0 aromatic heterocycles. The molecule has 2 N–H and O–H groups in total. The van der Waals surface area contributed by atoms with E-state index in [1.165, 1.54) is 0 Å². The van der Waals surface area contributed by atoms with Crippen LogP contribution >= 0.6 is 11.8 Å². The van der Waals surface area contributed by atoms with Crippen molar-refractivity contribution in [1.82, 2.24) is 0 Å². The number of halogens is 2. The van der Waals surface area contributed by atoms with E-state index in [0.717, 1.165) is 5.75 Å². The third-order valence-electron chi connectivity index (χ3n) is 2.00. The van der Waals surface area contributed by atoms with Crippen LogP contribution in [-0.4, -0.2) is 24.0 Å². The first-order valence-electron chi connectivity index (χ1n) is 3.82. The first-order chi connectivity index (χ1) is 5.17. The molecule has 0 aromatic rings. The fourth-order valence-corrected chi connectivity index (χ4v) is 2.58. The summed E-state index contributed by atoms with van der Waals surface area (Å²) in [5, 5.41) is 0. The minimum atomic E-state index is -2.52. The normalized spacial score (nSPS) is 25.9. The number of nitrogens with two attached hydrogens (primary N) is 1. The van der Waals surface area contributed by atoms with Crippen molar-refractivity contribution in [2.24, 2.45) is 11.7 Å². The maximum absolute atomic E-state index is 13.0. The maximum Gasteiger partial charge on any atom is 0.252 e. The monoisotopic (exact) mass is 181 g/mol. The Kier molecular flexibility index (Phi) is 3.13. The molecule has 1 unspecified atom stereocenters. The topological polar surface area (TPSA) is 26.0 Å². The molecule has 0 amide bonds. The third kappa shape index (κ3) is 2.30. The summed E-state index contributed by atoms with van der Waals surface area (Å²) < 4.78 is 26.1. The van der Waals surface area contributed by atoms with Crippen molar-refractivity contribution in [3.63, 3.8) is 0 Å². The second-order valence-electron chi connectivity index (χ2n) is 2.86. The van der Waals surface area contributed by atoms with Gasteiger partial charge in [-0.15, -0.1) is 0 Å². The highest BCUT2D eigenvalue weighted by atomic mass is 32.2. The lowest BCUT2D eigenvalue weighted by atomic mass is 9.98. The van der Waals surface area contributed by atoms with Crippen LogP contribution < -0.4 is 5.73 Å². The fourth-order valence-electron chi connectivity index (χ4n) is 1.26. The van der Waals surface area contributed by atoms with Crippen molar-refractivity contribution in [3.8, 4) is 0 Å². The first-order valence-corrected chi connectivity index (χ1v) is 4.98. The molecule has 11 heavy (non-hydrogen) atoms. The smallest absolute Gasteiger partial charge is 0.252 e. The summed E-state index contributed by atoms with van der Waals surface area (Å²) in [5.41, 5.74) is 5.10. The number of alkyl halides is 2. The second kappa shape index (κ2) is 3.72. The molecule has 0 spiro atoms. The molecule has 1 heterocycles. The molecule has 0 radical (unpaired) electrons. The Morgan fingerprint density at radius 2 is 2.27 bits per heavy atom. The quantitative estimate of drug-likeness (QED) is 0.717. The fraction of sp³-hybridized carbons (Fsp3) is 1.00. The first kappa shape index (κ1) is 9.26. The zero-order valence-corrected chi connectivity index (χ0v) is 7.17. The van der Waals surface area contributed by atoms with Gasteiger partial charge in [-0.25, -0.2) is 8.78 Å². The zero-order valence-electron chi connectivity index (χ0n) is 6.35. The van der Waals surface area contributed by atoms with E-state index in [0.29, 0.717) is 12.2 Å². The van der Waals surface area contributed by atoms with Gasteiger partial charge in [0.05, 0.1) is 0 Å². The summed E-state index contributed by atoms with van der Waals surface area (Å²) in [5.74, 6) is -1.45. The summed E-state index contributed by atoms with van der Waals surface area (Å²) in [6.45, 7) is 0.0914. The van der Waals surface area contributed by atoms with Crippen molar-refractivity contribution in [1.29, 1.82) is 0 Å². The summed E-state index contributed by atoms with van der Waals surface area (Å²) in [4.78, 5) is 0. The van der Waals surface area contributed by atoms with Crippen LogP contribution in [0.1, 0.15) is 12.8 Å². The van der Waals surface area contributed by atoms with Gasteiger partial charge in [0.25, 0.3) is 5.92 Å². The highest BCUT2D eigenvalue weighted by molar-refractivity contribution is 7.99. The lowest BCUT2D eigenvalue weighted by Crippen LogP contribution is -2.30. The van der Waals surface area contributed by atoms with Crippen molar-refractivity contribution in [2.75, 3.05) is 18.1 Å². The van der Waals surface area contributed by atoms with E-state index in [2.05, 4.69) is 0 Å². The zero-order chi connectivity index (χ0) is 8.32. The van der Waals surface area contributed by atoms with Gasteiger partial charge in [-0.3, -0.25) is 0 Å². The summed E-state index contributed by atoms with van der Waals surface area (Å²) in [6, 6.07) is 0. The summed E-state index contributed by atoms with van der Waals surface area (Å²) in [7, 11) is 0. The standard InChI is InChI=1S/C7H13F2NS/c8-7(9,2-3-10)6-1-4-11-5-6/h6H,1-5,10H2. The minimum absolute atomic E-state index is 0.0914. The molecule has 1 fully saturated rings. The van der Waals surface area contributed by atoms with E-state index in [-0.39, 0.29) is 13.0 Å². The molecular formula is C7H13F2NS. The van der Waals surface area contributed by atoms with Crippen molar-refractivity contribution in [2.45, 2.75) is 18.8 Å². The lowest BCUT2D eigenvalue weighted by Gasteiger charge is -2.21. The molecule has 66 valence electrons. The molecule has 1 rings (SSSR count). The maximum atomic E-state index is 13.0. The molecular weight excluding hydrogens is 168 g/mol. The van der Waals surface area contributed by atoms with E-state index in [1.807, 2.05) is 0 Å². The van der Waals surface area contributed by atoms with Crippen LogP contribution in [0, 0.1) is 5.92 Å². The molecule has 0 bridgehead atoms. The Hall–Kier alpha value is 0.170. The van der Waals surface area contributed by atoms with E-state index < -0.39 is 11.8 Å². The van der Waals surface area contributed by atoms with Gasteiger partial charge in [-0.1, -0.05) is 0 Å².